The van der Waals surface area contributed by atoms with Crippen LogP contribution in [0.3, 0.4) is 0 Å². The van der Waals surface area contributed by atoms with Crippen molar-refractivity contribution < 1.29 is 0 Å². The Labute approximate surface area is 162 Å². The summed E-state index contributed by atoms with van der Waals surface area (Å²) in [5.74, 6) is 0.671. The fourth-order valence-corrected chi connectivity index (χ4v) is 3.23. The Morgan fingerprint density at radius 3 is 2.65 bits per heavy atom. The van der Waals surface area contributed by atoms with Gasteiger partial charge in [-0.1, -0.05) is 54.7 Å². The lowest BCUT2D eigenvalue weighted by molar-refractivity contribution is 0.246. The minimum Gasteiger partial charge on any atom is -0.309 e. The van der Waals surface area contributed by atoms with Crippen molar-refractivity contribution in [1.82, 2.24) is 14.9 Å². The summed E-state index contributed by atoms with van der Waals surface area (Å²) in [5, 5.41) is 1.72. The second-order valence-corrected chi connectivity index (χ2v) is 7.16. The van der Waals surface area contributed by atoms with Gasteiger partial charge >= 0.3 is 0 Å². The zero-order chi connectivity index (χ0) is 18.5. The largest absolute Gasteiger partial charge is 0.309 e. The van der Waals surface area contributed by atoms with Crippen LogP contribution in [-0.2, 0) is 13.1 Å². The van der Waals surface area contributed by atoms with Crippen LogP contribution in [0.25, 0.3) is 10.9 Å². The van der Waals surface area contributed by atoms with Gasteiger partial charge in [-0.2, -0.15) is 0 Å². The monoisotopic (exact) mass is 389 g/mol. The Morgan fingerprint density at radius 1 is 1.08 bits per heavy atom. The number of benzene rings is 2. The molecule has 2 aromatic carbocycles. The molecule has 3 aromatic rings. The summed E-state index contributed by atoms with van der Waals surface area (Å²) in [4.78, 5) is 22.1. The first-order valence-corrected chi connectivity index (χ1v) is 9.46. The molecule has 0 bridgehead atoms. The summed E-state index contributed by atoms with van der Waals surface area (Å²) in [6.07, 6.45) is 2.17. The van der Waals surface area contributed by atoms with Gasteiger partial charge in [0.25, 0.3) is 5.56 Å². The van der Waals surface area contributed by atoms with Crippen molar-refractivity contribution in [3.05, 3.63) is 74.3 Å². The maximum absolute atomic E-state index is 12.3. The number of fused-ring (bicyclic) bond motifs is 1. The van der Waals surface area contributed by atoms with Gasteiger partial charge in [-0.15, -0.1) is 0 Å². The SMILES string of the molecule is CCCCN(Cc1ccc(Cl)c(Cl)c1)Cc1nc2ccccc2c(=O)[nH]1. The van der Waals surface area contributed by atoms with E-state index in [0.717, 1.165) is 30.5 Å². The minimum absolute atomic E-state index is 0.101. The van der Waals surface area contributed by atoms with E-state index in [1.165, 1.54) is 0 Å². The Hall–Kier alpha value is -1.88. The first-order chi connectivity index (χ1) is 12.6. The van der Waals surface area contributed by atoms with E-state index in [1.54, 1.807) is 6.07 Å². The molecule has 0 radical (unpaired) electrons. The van der Waals surface area contributed by atoms with Crippen LogP contribution >= 0.6 is 23.2 Å². The molecule has 0 fully saturated rings. The van der Waals surface area contributed by atoms with Gasteiger partial charge in [-0.3, -0.25) is 9.69 Å². The number of nitrogens with zero attached hydrogens (tertiary/aromatic N) is 2. The fourth-order valence-electron chi connectivity index (χ4n) is 2.91. The van der Waals surface area contributed by atoms with E-state index in [-0.39, 0.29) is 5.56 Å². The fraction of sp³-hybridized carbons (Fsp3) is 0.300. The van der Waals surface area contributed by atoms with Crippen molar-refractivity contribution in [2.75, 3.05) is 6.54 Å². The number of rotatable bonds is 7. The molecule has 0 saturated carbocycles. The molecule has 1 N–H and O–H groups in total. The summed E-state index contributed by atoms with van der Waals surface area (Å²) >= 11 is 12.1. The number of nitrogens with one attached hydrogen (secondary N) is 1. The smallest absolute Gasteiger partial charge is 0.258 e. The number of hydrogen-bond donors (Lipinski definition) is 1. The van der Waals surface area contributed by atoms with Crippen LogP contribution in [0.4, 0.5) is 0 Å². The molecule has 1 heterocycles. The third-order valence-electron chi connectivity index (χ3n) is 4.25. The molecule has 4 nitrogen and oxygen atoms in total. The molecule has 1 aromatic heterocycles. The van der Waals surface area contributed by atoms with Crippen LogP contribution in [0.5, 0.6) is 0 Å². The zero-order valence-corrected chi connectivity index (χ0v) is 16.1. The second-order valence-electron chi connectivity index (χ2n) is 6.34. The predicted molar refractivity (Wildman–Crippen MR) is 108 cm³/mol. The van der Waals surface area contributed by atoms with Crippen LogP contribution in [0.1, 0.15) is 31.2 Å². The minimum atomic E-state index is -0.101. The average Bonchev–Trinajstić information content (AvgIpc) is 2.63. The van der Waals surface area contributed by atoms with Gasteiger partial charge in [-0.25, -0.2) is 4.98 Å². The lowest BCUT2D eigenvalue weighted by Gasteiger charge is -2.22. The van der Waals surface area contributed by atoms with E-state index >= 15 is 0 Å². The molecule has 26 heavy (non-hydrogen) atoms. The Bertz CT molecular complexity index is 955. The normalized spacial score (nSPS) is 11.4. The van der Waals surface area contributed by atoms with Crippen molar-refractivity contribution >= 4 is 34.1 Å². The van der Waals surface area contributed by atoms with E-state index in [4.69, 9.17) is 23.2 Å². The number of H-pyrrole nitrogens is 1. The van der Waals surface area contributed by atoms with Crippen LogP contribution in [0.2, 0.25) is 10.0 Å². The van der Waals surface area contributed by atoms with Crippen LogP contribution in [0, 0.1) is 0 Å². The summed E-state index contributed by atoms with van der Waals surface area (Å²) in [6, 6.07) is 13.1. The second kappa shape index (κ2) is 8.67. The van der Waals surface area contributed by atoms with Gasteiger partial charge in [0.05, 0.1) is 27.5 Å². The zero-order valence-electron chi connectivity index (χ0n) is 14.6. The van der Waals surface area contributed by atoms with E-state index in [9.17, 15) is 4.79 Å². The molecular formula is C20H21Cl2N3O. The number of hydrogen-bond acceptors (Lipinski definition) is 3. The summed E-state index contributed by atoms with van der Waals surface area (Å²) in [7, 11) is 0. The highest BCUT2D eigenvalue weighted by atomic mass is 35.5. The van der Waals surface area contributed by atoms with Crippen LogP contribution < -0.4 is 5.56 Å². The molecule has 3 rings (SSSR count). The maximum atomic E-state index is 12.3. The van der Waals surface area contributed by atoms with Gasteiger partial charge in [0, 0.05) is 6.54 Å². The number of para-hydroxylation sites is 1. The third kappa shape index (κ3) is 4.64. The molecule has 0 unspecified atom stereocenters. The lowest BCUT2D eigenvalue weighted by atomic mass is 10.2. The Balaban J connectivity index is 1.83. The number of halogens is 2. The van der Waals surface area contributed by atoms with Crippen molar-refractivity contribution in [3.8, 4) is 0 Å². The molecule has 0 spiro atoms. The molecular weight excluding hydrogens is 369 g/mol. The topological polar surface area (TPSA) is 49.0 Å². The number of unbranched alkanes of at least 4 members (excludes halogenated alkanes) is 1. The lowest BCUT2D eigenvalue weighted by Crippen LogP contribution is -2.26. The Kier molecular flexibility index (Phi) is 6.30. The highest BCUT2D eigenvalue weighted by Gasteiger charge is 2.11. The average molecular weight is 390 g/mol. The first kappa shape index (κ1) is 18.9. The van der Waals surface area contributed by atoms with Gasteiger partial charge in [0.1, 0.15) is 5.82 Å². The molecule has 0 amide bonds. The van der Waals surface area contributed by atoms with E-state index in [1.807, 2.05) is 36.4 Å². The van der Waals surface area contributed by atoms with Gasteiger partial charge in [-0.05, 0) is 42.8 Å². The molecule has 6 heteroatoms. The summed E-state index contributed by atoms with van der Waals surface area (Å²) < 4.78 is 0. The summed E-state index contributed by atoms with van der Waals surface area (Å²) in [6.45, 7) is 4.36. The van der Waals surface area contributed by atoms with E-state index in [2.05, 4.69) is 21.8 Å². The van der Waals surface area contributed by atoms with Gasteiger partial charge < -0.3 is 4.98 Å². The van der Waals surface area contributed by atoms with Crippen molar-refractivity contribution in [2.24, 2.45) is 0 Å². The van der Waals surface area contributed by atoms with E-state index < -0.39 is 0 Å². The van der Waals surface area contributed by atoms with Crippen molar-refractivity contribution in [3.63, 3.8) is 0 Å². The maximum Gasteiger partial charge on any atom is 0.258 e. The Morgan fingerprint density at radius 2 is 1.88 bits per heavy atom. The molecule has 0 atom stereocenters. The number of aromatic nitrogens is 2. The van der Waals surface area contributed by atoms with Gasteiger partial charge in [0.15, 0.2) is 0 Å². The molecule has 0 aliphatic carbocycles. The van der Waals surface area contributed by atoms with Crippen LogP contribution in [0.15, 0.2) is 47.3 Å². The quantitative estimate of drug-likeness (QED) is 0.616. The molecule has 0 saturated heterocycles. The van der Waals surface area contributed by atoms with E-state index in [0.29, 0.717) is 34.3 Å². The predicted octanol–water partition coefficient (Wildman–Crippen LogP) is 5.03. The third-order valence-corrected chi connectivity index (χ3v) is 4.99. The highest BCUT2D eigenvalue weighted by molar-refractivity contribution is 6.42. The standard InChI is InChI=1S/C20H21Cl2N3O/c1-2-3-10-25(12-14-8-9-16(21)17(22)11-14)13-19-23-18-7-5-4-6-15(18)20(26)24-19/h4-9,11H,2-3,10,12-13H2,1H3,(H,23,24,26). The van der Waals surface area contributed by atoms with Crippen molar-refractivity contribution in [2.45, 2.75) is 32.9 Å². The molecule has 0 aliphatic heterocycles. The number of aromatic amines is 1. The first-order valence-electron chi connectivity index (χ1n) is 8.71. The van der Waals surface area contributed by atoms with Crippen LogP contribution in [-0.4, -0.2) is 21.4 Å². The van der Waals surface area contributed by atoms with Crippen molar-refractivity contribution in [1.29, 1.82) is 0 Å². The molecule has 0 aliphatic rings. The summed E-state index contributed by atoms with van der Waals surface area (Å²) in [5.41, 5.74) is 1.70. The van der Waals surface area contributed by atoms with Gasteiger partial charge in [0.2, 0.25) is 0 Å². The highest BCUT2D eigenvalue weighted by Crippen LogP contribution is 2.23. The molecule has 136 valence electrons.